The van der Waals surface area contributed by atoms with Crippen molar-refractivity contribution < 1.29 is 24.2 Å². The van der Waals surface area contributed by atoms with Gasteiger partial charge in [-0.3, -0.25) is 4.79 Å². The molecule has 0 aliphatic heterocycles. The summed E-state index contributed by atoms with van der Waals surface area (Å²) in [6.07, 6.45) is 0. The minimum Gasteiger partial charge on any atom is -0.369 e. The number of rotatable bonds is 3. The van der Waals surface area contributed by atoms with Crippen molar-refractivity contribution in [3.8, 4) is 0 Å². The quantitative estimate of drug-likeness (QED) is 0.618. The lowest BCUT2D eigenvalue weighted by atomic mass is 10.1. The number of hydrogen-bond acceptors (Lipinski definition) is 1. The molecule has 1 aliphatic rings. The van der Waals surface area contributed by atoms with Gasteiger partial charge in [-0.15, -0.1) is 23.2 Å². The third-order valence-corrected chi connectivity index (χ3v) is 5.11. The first-order valence-electron chi connectivity index (χ1n) is 5.16. The van der Waals surface area contributed by atoms with Crippen LogP contribution in [0.25, 0.3) is 0 Å². The lowest BCUT2D eigenvalue weighted by molar-refractivity contribution is -0.119. The molecular formula is C10H8Cl2F5NOS. The van der Waals surface area contributed by atoms with E-state index in [9.17, 15) is 24.2 Å². The maximum Gasteiger partial charge on any atom is 0.310 e. The molecule has 0 aromatic heterocycles. The van der Waals surface area contributed by atoms with Gasteiger partial charge in [0.25, 0.3) is 0 Å². The van der Waals surface area contributed by atoms with Gasteiger partial charge in [-0.25, -0.2) is 0 Å². The molecule has 1 amide bonds. The molecule has 20 heavy (non-hydrogen) atoms. The molecule has 1 aromatic carbocycles. The van der Waals surface area contributed by atoms with E-state index in [1.54, 1.807) is 0 Å². The van der Waals surface area contributed by atoms with Gasteiger partial charge in [0.15, 0.2) is 0 Å². The normalized spacial score (nSPS) is 28.4. The largest absolute Gasteiger partial charge is 0.369 e. The van der Waals surface area contributed by atoms with Crippen molar-refractivity contribution in [3.05, 3.63) is 29.8 Å². The van der Waals surface area contributed by atoms with Crippen LogP contribution in [0.15, 0.2) is 29.2 Å². The molecule has 2 atom stereocenters. The molecular weight excluding hydrogens is 348 g/mol. The Morgan fingerprint density at radius 2 is 1.75 bits per heavy atom. The molecule has 0 radical (unpaired) electrons. The van der Waals surface area contributed by atoms with E-state index < -0.39 is 37.2 Å². The van der Waals surface area contributed by atoms with Crippen LogP contribution in [0.3, 0.4) is 0 Å². The molecule has 2 unspecified atom stereocenters. The predicted octanol–water partition coefficient (Wildman–Crippen LogP) is 4.72. The SMILES string of the molecule is NC(=O)C1C(c2cccc(S(F)(F)(F)(F)F)c2)C1(Cl)Cl. The molecule has 0 saturated heterocycles. The highest BCUT2D eigenvalue weighted by atomic mass is 35.5. The first kappa shape index (κ1) is 15.7. The number of alkyl halides is 2. The van der Waals surface area contributed by atoms with Gasteiger partial charge in [0.05, 0.1) is 5.92 Å². The topological polar surface area (TPSA) is 43.1 Å². The third kappa shape index (κ3) is 2.68. The van der Waals surface area contributed by atoms with Crippen LogP contribution < -0.4 is 5.73 Å². The van der Waals surface area contributed by atoms with E-state index in [1.807, 2.05) is 0 Å². The second-order valence-corrected chi connectivity index (χ2v) is 8.43. The molecule has 1 fully saturated rings. The van der Waals surface area contributed by atoms with Crippen LogP contribution in [0.4, 0.5) is 19.4 Å². The standard InChI is InChI=1S/C10H8Cl2F5NOS/c11-10(12)7(8(10)9(18)19)5-2-1-3-6(4-5)20(13,14,15,16)17/h1-4,7-8H,(H2,18,19). The Kier molecular flexibility index (Phi) is 2.77. The average molecular weight is 356 g/mol. The molecule has 10 heteroatoms. The Labute approximate surface area is 120 Å². The van der Waals surface area contributed by atoms with Crippen LogP contribution >= 0.6 is 33.4 Å². The summed E-state index contributed by atoms with van der Waals surface area (Å²) >= 11 is 11.5. The van der Waals surface area contributed by atoms with E-state index in [0.29, 0.717) is 0 Å². The van der Waals surface area contributed by atoms with Gasteiger partial charge in [0.2, 0.25) is 5.91 Å². The van der Waals surface area contributed by atoms with Crippen molar-refractivity contribution in [1.29, 1.82) is 0 Å². The highest BCUT2D eigenvalue weighted by Crippen LogP contribution is 3.02. The van der Waals surface area contributed by atoms with E-state index in [-0.39, 0.29) is 17.7 Å². The Morgan fingerprint density at radius 1 is 1.20 bits per heavy atom. The van der Waals surface area contributed by atoms with Crippen molar-refractivity contribution >= 4 is 39.3 Å². The van der Waals surface area contributed by atoms with Crippen LogP contribution in [0.5, 0.6) is 0 Å². The highest BCUT2D eigenvalue weighted by molar-refractivity contribution is 8.45. The molecule has 0 bridgehead atoms. The van der Waals surface area contributed by atoms with Crippen LogP contribution in [0.2, 0.25) is 0 Å². The Hall–Kier alpha value is -0.730. The van der Waals surface area contributed by atoms with E-state index in [2.05, 4.69) is 0 Å². The van der Waals surface area contributed by atoms with Gasteiger partial charge < -0.3 is 5.73 Å². The number of hydrogen-bond donors (Lipinski definition) is 1. The summed E-state index contributed by atoms with van der Waals surface area (Å²) in [5.74, 6) is -3.06. The number of primary amides is 1. The maximum absolute atomic E-state index is 12.7. The van der Waals surface area contributed by atoms with Crippen LogP contribution in [0.1, 0.15) is 11.5 Å². The second-order valence-electron chi connectivity index (χ2n) is 4.57. The molecule has 1 aliphatic carbocycles. The van der Waals surface area contributed by atoms with E-state index >= 15 is 0 Å². The third-order valence-electron chi connectivity index (χ3n) is 3.02. The molecule has 0 heterocycles. The number of nitrogens with two attached hydrogens (primary N) is 1. The van der Waals surface area contributed by atoms with Gasteiger partial charge in [-0.2, -0.15) is 0 Å². The fourth-order valence-electron chi connectivity index (χ4n) is 2.04. The first-order chi connectivity index (χ1) is 8.64. The van der Waals surface area contributed by atoms with Crippen molar-refractivity contribution in [1.82, 2.24) is 0 Å². The summed E-state index contributed by atoms with van der Waals surface area (Å²) in [4.78, 5) is 9.01. The number of benzene rings is 1. The van der Waals surface area contributed by atoms with E-state index in [4.69, 9.17) is 28.9 Å². The Morgan fingerprint density at radius 3 is 2.15 bits per heavy atom. The van der Waals surface area contributed by atoms with Crippen molar-refractivity contribution in [2.24, 2.45) is 11.7 Å². The fraction of sp³-hybridized carbons (Fsp3) is 0.300. The monoisotopic (exact) mass is 355 g/mol. The zero-order valence-corrected chi connectivity index (χ0v) is 11.8. The second kappa shape index (κ2) is 3.53. The average Bonchev–Trinajstić information content (AvgIpc) is 2.79. The zero-order chi connectivity index (χ0) is 15.6. The fourth-order valence-corrected chi connectivity index (χ4v) is 3.58. The summed E-state index contributed by atoms with van der Waals surface area (Å²) in [6, 6.07) is 2.47. The lowest BCUT2D eigenvalue weighted by Crippen LogP contribution is -2.16. The number of carbonyl (C=O) groups excluding carboxylic acids is 1. The Bertz CT molecular complexity index is 603. The van der Waals surface area contributed by atoms with Crippen molar-refractivity contribution in [2.75, 3.05) is 0 Å². The molecule has 1 aromatic rings. The van der Waals surface area contributed by atoms with Gasteiger partial charge in [0.1, 0.15) is 9.23 Å². The highest BCUT2D eigenvalue weighted by Gasteiger charge is 2.69. The van der Waals surface area contributed by atoms with Gasteiger partial charge in [-0.05, 0) is 17.7 Å². The first-order valence-corrected chi connectivity index (χ1v) is 7.86. The number of carbonyl (C=O) groups is 1. The molecule has 1 saturated carbocycles. The zero-order valence-electron chi connectivity index (χ0n) is 9.50. The molecule has 2 nitrogen and oxygen atoms in total. The summed E-state index contributed by atoms with van der Waals surface area (Å²) < 4.78 is 61.8. The Balaban J connectivity index is 2.47. The van der Waals surface area contributed by atoms with E-state index in [1.165, 1.54) is 0 Å². The molecule has 114 valence electrons. The number of halogens is 7. The van der Waals surface area contributed by atoms with Crippen molar-refractivity contribution in [3.63, 3.8) is 0 Å². The van der Waals surface area contributed by atoms with Crippen LogP contribution in [-0.2, 0) is 4.79 Å². The van der Waals surface area contributed by atoms with Gasteiger partial charge >= 0.3 is 10.2 Å². The summed E-state index contributed by atoms with van der Waals surface area (Å²) in [5.41, 5.74) is 4.80. The minimum absolute atomic E-state index is 0.204. The maximum atomic E-state index is 12.7. The smallest absolute Gasteiger partial charge is 0.310 e. The predicted molar refractivity (Wildman–Crippen MR) is 67.7 cm³/mol. The summed E-state index contributed by atoms with van der Waals surface area (Å²) in [5, 5.41) is 0. The van der Waals surface area contributed by atoms with E-state index in [0.717, 1.165) is 12.1 Å². The van der Waals surface area contributed by atoms with Crippen LogP contribution in [0, 0.1) is 5.92 Å². The number of amides is 1. The van der Waals surface area contributed by atoms with Gasteiger partial charge in [0, 0.05) is 5.92 Å². The van der Waals surface area contributed by atoms with Crippen LogP contribution in [-0.4, -0.2) is 10.2 Å². The minimum atomic E-state index is -9.79. The van der Waals surface area contributed by atoms with Gasteiger partial charge in [-0.1, -0.05) is 31.6 Å². The molecule has 0 spiro atoms. The molecule has 2 rings (SSSR count). The summed E-state index contributed by atoms with van der Waals surface area (Å²) in [6.45, 7) is 0. The molecule has 2 N–H and O–H groups in total. The van der Waals surface area contributed by atoms with Crippen molar-refractivity contribution in [2.45, 2.75) is 15.1 Å². The summed E-state index contributed by atoms with van der Waals surface area (Å²) in [7, 11) is -9.79. The lowest BCUT2D eigenvalue weighted by Gasteiger charge is -2.40.